The third kappa shape index (κ3) is 2.88. The van der Waals surface area contributed by atoms with Gasteiger partial charge in [0.2, 0.25) is 10.0 Å². The minimum atomic E-state index is -3.61. The Morgan fingerprint density at radius 2 is 2.16 bits per heavy atom. The molecule has 0 atom stereocenters. The zero-order chi connectivity index (χ0) is 14.0. The van der Waals surface area contributed by atoms with E-state index in [2.05, 4.69) is 0 Å². The van der Waals surface area contributed by atoms with E-state index in [9.17, 15) is 8.42 Å². The van der Waals surface area contributed by atoms with Gasteiger partial charge < -0.3 is 5.73 Å². The summed E-state index contributed by atoms with van der Waals surface area (Å²) < 4.78 is 26.5. The number of sulfonamides is 1. The van der Waals surface area contributed by atoms with E-state index in [1.165, 1.54) is 22.5 Å². The topological polar surface area (TPSA) is 87.2 Å². The van der Waals surface area contributed by atoms with Gasteiger partial charge in [0.05, 0.1) is 5.56 Å². The number of nitrogen functional groups attached to an aromatic ring is 1. The van der Waals surface area contributed by atoms with Gasteiger partial charge in [0.25, 0.3) is 0 Å². The summed E-state index contributed by atoms with van der Waals surface area (Å²) >= 11 is 0. The van der Waals surface area contributed by atoms with Gasteiger partial charge in [-0.1, -0.05) is 6.92 Å². The fourth-order valence-electron chi connectivity index (χ4n) is 1.98. The predicted octanol–water partition coefficient (Wildman–Crippen LogP) is 1.56. The number of rotatable bonds is 5. The Balaban J connectivity index is 2.40. The molecule has 0 spiro atoms. The van der Waals surface area contributed by atoms with E-state index >= 15 is 0 Å². The van der Waals surface area contributed by atoms with E-state index in [4.69, 9.17) is 11.0 Å². The van der Waals surface area contributed by atoms with Crippen LogP contribution in [0.1, 0.15) is 25.3 Å². The van der Waals surface area contributed by atoms with E-state index in [0.29, 0.717) is 24.7 Å². The van der Waals surface area contributed by atoms with E-state index in [1.807, 2.05) is 13.0 Å². The van der Waals surface area contributed by atoms with Crippen molar-refractivity contribution in [1.82, 2.24) is 4.31 Å². The van der Waals surface area contributed by atoms with Gasteiger partial charge in [0, 0.05) is 18.8 Å². The fraction of sp³-hybridized carbons (Fsp3) is 0.462. The van der Waals surface area contributed by atoms with E-state index in [0.717, 1.165) is 12.8 Å². The highest BCUT2D eigenvalue weighted by atomic mass is 32.2. The molecule has 0 radical (unpaired) electrons. The molecule has 6 heteroatoms. The van der Waals surface area contributed by atoms with Crippen molar-refractivity contribution in [1.29, 1.82) is 5.26 Å². The standard InChI is InChI=1S/C13H17N3O2S/c1-2-16(9-10-3-4-10)19(17,18)13-6-5-12(15)7-11(13)8-14/h5-7,10H,2-4,9,15H2,1H3. The first-order valence-electron chi connectivity index (χ1n) is 6.28. The molecular weight excluding hydrogens is 262 g/mol. The van der Waals surface area contributed by atoms with Crippen molar-refractivity contribution in [2.75, 3.05) is 18.8 Å². The quantitative estimate of drug-likeness (QED) is 0.829. The summed E-state index contributed by atoms with van der Waals surface area (Å²) in [5, 5.41) is 9.07. The van der Waals surface area contributed by atoms with Crippen LogP contribution in [0.5, 0.6) is 0 Å². The molecule has 1 aliphatic carbocycles. The van der Waals surface area contributed by atoms with Crippen LogP contribution >= 0.6 is 0 Å². The molecule has 102 valence electrons. The molecule has 0 amide bonds. The minimum absolute atomic E-state index is 0.0479. The summed E-state index contributed by atoms with van der Waals surface area (Å²) in [4.78, 5) is 0.0479. The summed E-state index contributed by atoms with van der Waals surface area (Å²) in [5.41, 5.74) is 6.08. The summed E-state index contributed by atoms with van der Waals surface area (Å²) in [6.07, 6.45) is 2.16. The lowest BCUT2D eigenvalue weighted by molar-refractivity contribution is 0.412. The Morgan fingerprint density at radius 1 is 1.47 bits per heavy atom. The maximum Gasteiger partial charge on any atom is 0.244 e. The molecule has 0 aromatic heterocycles. The van der Waals surface area contributed by atoms with Crippen LogP contribution in [0, 0.1) is 17.2 Å². The highest BCUT2D eigenvalue weighted by Gasteiger charge is 2.31. The second-order valence-corrected chi connectivity index (χ2v) is 6.67. The number of hydrogen-bond acceptors (Lipinski definition) is 4. The van der Waals surface area contributed by atoms with Gasteiger partial charge in [-0.25, -0.2) is 8.42 Å². The van der Waals surface area contributed by atoms with Crippen molar-refractivity contribution in [3.8, 4) is 6.07 Å². The zero-order valence-electron chi connectivity index (χ0n) is 10.8. The molecule has 19 heavy (non-hydrogen) atoms. The molecule has 1 fully saturated rings. The lowest BCUT2D eigenvalue weighted by atomic mass is 10.2. The molecule has 2 rings (SSSR count). The summed E-state index contributed by atoms with van der Waals surface area (Å²) in [7, 11) is -3.61. The first-order chi connectivity index (χ1) is 8.98. The largest absolute Gasteiger partial charge is 0.399 e. The molecule has 1 saturated carbocycles. The average Bonchev–Trinajstić information content (AvgIpc) is 3.19. The third-order valence-electron chi connectivity index (χ3n) is 3.25. The highest BCUT2D eigenvalue weighted by Crippen LogP contribution is 2.32. The van der Waals surface area contributed by atoms with Crippen molar-refractivity contribution in [3.05, 3.63) is 23.8 Å². The normalized spacial score (nSPS) is 15.4. The maximum absolute atomic E-state index is 12.6. The van der Waals surface area contributed by atoms with Crippen molar-refractivity contribution in [2.24, 2.45) is 5.92 Å². The molecule has 0 bridgehead atoms. The molecule has 1 aromatic carbocycles. The van der Waals surface area contributed by atoms with Gasteiger partial charge in [-0.3, -0.25) is 0 Å². The maximum atomic E-state index is 12.6. The van der Waals surface area contributed by atoms with Crippen molar-refractivity contribution < 1.29 is 8.42 Å². The monoisotopic (exact) mass is 279 g/mol. The van der Waals surface area contributed by atoms with E-state index in [1.54, 1.807) is 0 Å². The number of nitrogens with two attached hydrogens (primary N) is 1. The van der Waals surface area contributed by atoms with Crippen molar-refractivity contribution in [3.63, 3.8) is 0 Å². The molecule has 0 aliphatic heterocycles. The second-order valence-electron chi connectivity index (χ2n) is 4.77. The Hall–Kier alpha value is -1.58. The number of anilines is 1. The van der Waals surface area contributed by atoms with E-state index in [-0.39, 0.29) is 10.5 Å². The summed E-state index contributed by atoms with van der Waals surface area (Å²) in [6, 6.07) is 6.23. The van der Waals surface area contributed by atoms with Crippen LogP contribution in [-0.2, 0) is 10.0 Å². The van der Waals surface area contributed by atoms with Gasteiger partial charge in [-0.15, -0.1) is 0 Å². The number of nitrogens with zero attached hydrogens (tertiary/aromatic N) is 2. The van der Waals surface area contributed by atoms with Crippen LogP contribution in [0.15, 0.2) is 23.1 Å². The van der Waals surface area contributed by atoms with Crippen LogP contribution in [-0.4, -0.2) is 25.8 Å². The molecule has 0 heterocycles. The number of nitriles is 1. The van der Waals surface area contributed by atoms with Gasteiger partial charge in [-0.2, -0.15) is 9.57 Å². The Bertz CT molecular complexity index is 615. The average molecular weight is 279 g/mol. The summed E-state index contributed by atoms with van der Waals surface area (Å²) in [6.45, 7) is 2.76. The smallest absolute Gasteiger partial charge is 0.244 e. The predicted molar refractivity (Wildman–Crippen MR) is 72.7 cm³/mol. The Morgan fingerprint density at radius 3 is 2.68 bits per heavy atom. The molecule has 1 aromatic rings. The van der Waals surface area contributed by atoms with Crippen molar-refractivity contribution >= 4 is 15.7 Å². The molecule has 0 unspecified atom stereocenters. The highest BCUT2D eigenvalue weighted by molar-refractivity contribution is 7.89. The van der Waals surface area contributed by atoms with Gasteiger partial charge in [0.15, 0.2) is 0 Å². The molecule has 5 nitrogen and oxygen atoms in total. The fourth-order valence-corrected chi connectivity index (χ4v) is 3.63. The molecular formula is C13H17N3O2S. The van der Waals surface area contributed by atoms with Gasteiger partial charge >= 0.3 is 0 Å². The first kappa shape index (κ1) is 13.8. The van der Waals surface area contributed by atoms with Crippen LogP contribution in [0.3, 0.4) is 0 Å². The third-order valence-corrected chi connectivity index (χ3v) is 5.25. The zero-order valence-corrected chi connectivity index (χ0v) is 11.7. The van der Waals surface area contributed by atoms with Crippen LogP contribution in [0.2, 0.25) is 0 Å². The lowest BCUT2D eigenvalue weighted by Crippen LogP contribution is -2.33. The first-order valence-corrected chi connectivity index (χ1v) is 7.72. The van der Waals surface area contributed by atoms with Gasteiger partial charge in [-0.05, 0) is 37.0 Å². The van der Waals surface area contributed by atoms with Crippen LogP contribution < -0.4 is 5.73 Å². The number of benzene rings is 1. The minimum Gasteiger partial charge on any atom is -0.399 e. The van der Waals surface area contributed by atoms with Crippen LogP contribution in [0.4, 0.5) is 5.69 Å². The SMILES string of the molecule is CCN(CC1CC1)S(=O)(=O)c1ccc(N)cc1C#N. The Kier molecular flexibility index (Phi) is 3.78. The van der Waals surface area contributed by atoms with E-state index < -0.39 is 10.0 Å². The van der Waals surface area contributed by atoms with Crippen LogP contribution in [0.25, 0.3) is 0 Å². The molecule has 1 aliphatic rings. The molecule has 2 N–H and O–H groups in total. The summed E-state index contributed by atoms with van der Waals surface area (Å²) in [5.74, 6) is 0.467. The lowest BCUT2D eigenvalue weighted by Gasteiger charge is -2.21. The molecule has 0 saturated heterocycles. The van der Waals surface area contributed by atoms with Gasteiger partial charge in [0.1, 0.15) is 11.0 Å². The Labute approximate surface area is 113 Å². The second kappa shape index (κ2) is 5.19. The van der Waals surface area contributed by atoms with Crippen molar-refractivity contribution in [2.45, 2.75) is 24.7 Å². The number of hydrogen-bond donors (Lipinski definition) is 1.